The first-order valence-corrected chi connectivity index (χ1v) is 5.95. The van der Waals surface area contributed by atoms with E-state index in [0.717, 1.165) is 25.0 Å². The fourth-order valence-electron chi connectivity index (χ4n) is 1.58. The highest BCUT2D eigenvalue weighted by molar-refractivity contribution is 5.79. The van der Waals surface area contributed by atoms with Crippen molar-refractivity contribution in [2.75, 3.05) is 6.61 Å². The predicted molar refractivity (Wildman–Crippen MR) is 68.6 cm³/mol. The first-order chi connectivity index (χ1) is 8.27. The minimum Gasteiger partial charge on any atom is -0.493 e. The second-order valence-electron chi connectivity index (χ2n) is 3.86. The third kappa shape index (κ3) is 4.76. The van der Waals surface area contributed by atoms with Crippen molar-refractivity contribution in [3.05, 3.63) is 29.8 Å². The van der Waals surface area contributed by atoms with Gasteiger partial charge in [-0.3, -0.25) is 0 Å². The molecule has 4 heteroatoms. The Kier molecular flexibility index (Phi) is 5.93. The summed E-state index contributed by atoms with van der Waals surface area (Å²) < 4.78 is 5.70. The number of amidine groups is 1. The molecule has 0 amide bonds. The maximum Gasteiger partial charge on any atom is 0.139 e. The lowest BCUT2D eigenvalue weighted by Crippen LogP contribution is -2.11. The van der Waals surface area contributed by atoms with Crippen molar-refractivity contribution in [1.29, 1.82) is 0 Å². The van der Waals surface area contributed by atoms with Gasteiger partial charge in [0.2, 0.25) is 0 Å². The average Bonchev–Trinajstić information content (AvgIpc) is 2.38. The van der Waals surface area contributed by atoms with Crippen molar-refractivity contribution >= 4 is 5.84 Å². The molecule has 0 aliphatic carbocycles. The van der Waals surface area contributed by atoms with Gasteiger partial charge in [-0.15, -0.1) is 0 Å². The van der Waals surface area contributed by atoms with Gasteiger partial charge in [-0.25, -0.2) is 0 Å². The SMILES string of the molecule is CCc1ccccc1OCCCC/C(N)=N/O. The maximum absolute atomic E-state index is 8.37. The minimum atomic E-state index is 0.277. The number of ether oxygens (including phenoxy) is 1. The standard InChI is InChI=1S/C13H20N2O2/c1-2-11-7-3-4-8-12(11)17-10-6-5-9-13(14)15-16/h3-4,7-8,16H,2,5-6,9-10H2,1H3,(H2,14,15). The van der Waals surface area contributed by atoms with E-state index >= 15 is 0 Å². The van der Waals surface area contributed by atoms with E-state index in [1.54, 1.807) is 0 Å². The lowest BCUT2D eigenvalue weighted by atomic mass is 10.1. The Bertz CT molecular complexity index is 364. The first-order valence-electron chi connectivity index (χ1n) is 5.95. The lowest BCUT2D eigenvalue weighted by molar-refractivity contribution is 0.302. The molecule has 1 aromatic rings. The summed E-state index contributed by atoms with van der Waals surface area (Å²) in [5.74, 6) is 1.23. The molecule has 0 spiro atoms. The molecule has 0 radical (unpaired) electrons. The zero-order chi connectivity index (χ0) is 12.5. The summed E-state index contributed by atoms with van der Waals surface area (Å²) in [7, 11) is 0. The largest absolute Gasteiger partial charge is 0.493 e. The summed E-state index contributed by atoms with van der Waals surface area (Å²) in [6.07, 6.45) is 3.34. The molecule has 0 fully saturated rings. The van der Waals surface area contributed by atoms with E-state index in [-0.39, 0.29) is 5.84 Å². The van der Waals surface area contributed by atoms with Crippen LogP contribution < -0.4 is 10.5 Å². The van der Waals surface area contributed by atoms with Crippen molar-refractivity contribution in [1.82, 2.24) is 0 Å². The second kappa shape index (κ2) is 7.54. The summed E-state index contributed by atoms with van der Waals surface area (Å²) in [4.78, 5) is 0. The Morgan fingerprint density at radius 3 is 2.82 bits per heavy atom. The fraction of sp³-hybridized carbons (Fsp3) is 0.462. The molecule has 17 heavy (non-hydrogen) atoms. The van der Waals surface area contributed by atoms with E-state index in [4.69, 9.17) is 15.7 Å². The average molecular weight is 236 g/mol. The number of hydrogen-bond donors (Lipinski definition) is 2. The summed E-state index contributed by atoms with van der Waals surface area (Å²) in [5, 5.41) is 11.3. The van der Waals surface area contributed by atoms with Crippen LogP contribution in [-0.2, 0) is 6.42 Å². The van der Waals surface area contributed by atoms with E-state index in [1.807, 2.05) is 18.2 Å². The van der Waals surface area contributed by atoms with Crippen LogP contribution in [0.2, 0.25) is 0 Å². The number of oxime groups is 1. The van der Waals surface area contributed by atoms with Crippen LogP contribution in [0.4, 0.5) is 0 Å². The molecule has 1 rings (SSSR count). The highest BCUT2D eigenvalue weighted by Gasteiger charge is 2.00. The monoisotopic (exact) mass is 236 g/mol. The molecule has 4 nitrogen and oxygen atoms in total. The topological polar surface area (TPSA) is 67.8 Å². The molecule has 0 saturated carbocycles. The van der Waals surface area contributed by atoms with Crippen molar-refractivity contribution in [2.24, 2.45) is 10.9 Å². The highest BCUT2D eigenvalue weighted by Crippen LogP contribution is 2.18. The van der Waals surface area contributed by atoms with Crippen LogP contribution in [0.5, 0.6) is 5.75 Å². The molecule has 0 aliphatic rings. The van der Waals surface area contributed by atoms with Gasteiger partial charge in [0, 0.05) is 6.42 Å². The van der Waals surface area contributed by atoms with Crippen LogP contribution in [0.3, 0.4) is 0 Å². The number of hydrogen-bond acceptors (Lipinski definition) is 3. The molecule has 0 atom stereocenters. The molecule has 0 aromatic heterocycles. The first kappa shape index (κ1) is 13.4. The van der Waals surface area contributed by atoms with Crippen molar-refractivity contribution in [2.45, 2.75) is 32.6 Å². The van der Waals surface area contributed by atoms with Gasteiger partial charge in [-0.2, -0.15) is 0 Å². The molecule has 94 valence electrons. The van der Waals surface area contributed by atoms with Crippen LogP contribution in [0.15, 0.2) is 29.4 Å². The van der Waals surface area contributed by atoms with E-state index in [2.05, 4.69) is 18.1 Å². The van der Waals surface area contributed by atoms with Gasteiger partial charge in [0.05, 0.1) is 6.61 Å². The van der Waals surface area contributed by atoms with Crippen LogP contribution in [0.1, 0.15) is 31.7 Å². The molecule has 0 heterocycles. The maximum atomic E-state index is 8.37. The minimum absolute atomic E-state index is 0.277. The number of rotatable bonds is 7. The number of benzene rings is 1. The van der Waals surface area contributed by atoms with Gasteiger partial charge in [0.15, 0.2) is 0 Å². The van der Waals surface area contributed by atoms with Crippen molar-refractivity contribution < 1.29 is 9.94 Å². The predicted octanol–water partition coefficient (Wildman–Crippen LogP) is 2.54. The number of nitrogens with zero attached hydrogens (tertiary/aromatic N) is 1. The number of para-hydroxylation sites is 1. The Balaban J connectivity index is 2.26. The van der Waals surface area contributed by atoms with Crippen LogP contribution >= 0.6 is 0 Å². The summed E-state index contributed by atoms with van der Waals surface area (Å²) in [6, 6.07) is 8.06. The Hall–Kier alpha value is -1.71. The smallest absolute Gasteiger partial charge is 0.139 e. The van der Waals surface area contributed by atoms with Crippen molar-refractivity contribution in [3.8, 4) is 5.75 Å². The van der Waals surface area contributed by atoms with Gasteiger partial charge in [0.1, 0.15) is 11.6 Å². The molecule has 0 saturated heterocycles. The van der Waals surface area contributed by atoms with E-state index in [0.29, 0.717) is 13.0 Å². The quantitative estimate of drug-likeness (QED) is 0.251. The number of nitrogens with two attached hydrogens (primary N) is 1. The summed E-state index contributed by atoms with van der Waals surface area (Å²) in [5.41, 5.74) is 6.60. The molecular formula is C13H20N2O2. The van der Waals surface area contributed by atoms with E-state index in [1.165, 1.54) is 5.56 Å². The second-order valence-corrected chi connectivity index (χ2v) is 3.86. The van der Waals surface area contributed by atoms with Gasteiger partial charge < -0.3 is 15.7 Å². The van der Waals surface area contributed by atoms with Crippen LogP contribution in [0, 0.1) is 0 Å². The lowest BCUT2D eigenvalue weighted by Gasteiger charge is -2.09. The third-order valence-electron chi connectivity index (χ3n) is 2.57. The van der Waals surface area contributed by atoms with E-state index in [9.17, 15) is 0 Å². The third-order valence-corrected chi connectivity index (χ3v) is 2.57. The van der Waals surface area contributed by atoms with E-state index < -0.39 is 0 Å². The Labute approximate surface area is 102 Å². The van der Waals surface area contributed by atoms with Crippen molar-refractivity contribution in [3.63, 3.8) is 0 Å². The molecule has 1 aromatic carbocycles. The zero-order valence-electron chi connectivity index (χ0n) is 10.2. The molecule has 0 aliphatic heterocycles. The summed E-state index contributed by atoms with van der Waals surface area (Å²) in [6.45, 7) is 2.77. The highest BCUT2D eigenvalue weighted by atomic mass is 16.5. The zero-order valence-corrected chi connectivity index (χ0v) is 10.2. The normalized spacial score (nSPS) is 11.5. The Morgan fingerprint density at radius 2 is 2.12 bits per heavy atom. The summed E-state index contributed by atoms with van der Waals surface area (Å²) >= 11 is 0. The number of aryl methyl sites for hydroxylation is 1. The van der Waals surface area contributed by atoms with Gasteiger partial charge in [-0.05, 0) is 30.9 Å². The fourth-order valence-corrected chi connectivity index (χ4v) is 1.58. The molecule has 0 bridgehead atoms. The Morgan fingerprint density at radius 1 is 1.35 bits per heavy atom. The van der Waals surface area contributed by atoms with Crippen LogP contribution in [-0.4, -0.2) is 17.6 Å². The van der Waals surface area contributed by atoms with Gasteiger partial charge >= 0.3 is 0 Å². The number of unbranched alkanes of at least 4 members (excludes halogenated alkanes) is 1. The van der Waals surface area contributed by atoms with Crippen LogP contribution in [0.25, 0.3) is 0 Å². The molecular weight excluding hydrogens is 216 g/mol. The molecule has 3 N–H and O–H groups in total. The van der Waals surface area contributed by atoms with Gasteiger partial charge in [0.25, 0.3) is 0 Å². The van der Waals surface area contributed by atoms with Gasteiger partial charge in [-0.1, -0.05) is 30.3 Å². The molecule has 0 unspecified atom stereocenters.